The Balaban J connectivity index is 2.36. The van der Waals surface area contributed by atoms with E-state index in [-0.39, 0.29) is 5.76 Å². The Morgan fingerprint density at radius 2 is 2.00 bits per heavy atom. The maximum absolute atomic E-state index is 11.8. The second kappa shape index (κ2) is 6.28. The number of hydrogen-bond acceptors (Lipinski definition) is 3. The lowest BCUT2D eigenvalue weighted by Gasteiger charge is -2.07. The van der Waals surface area contributed by atoms with Crippen LogP contribution in [0.2, 0.25) is 0 Å². The van der Waals surface area contributed by atoms with Crippen molar-refractivity contribution in [2.45, 2.75) is 20.8 Å². The molecule has 1 heterocycles. The van der Waals surface area contributed by atoms with E-state index in [2.05, 4.69) is 4.98 Å². The van der Waals surface area contributed by atoms with Gasteiger partial charge < -0.3 is 14.5 Å². The Kier molecular flexibility index (Phi) is 4.45. The molecule has 0 radical (unpaired) electrons. The number of esters is 1. The Bertz CT molecular complexity index is 640. The van der Waals surface area contributed by atoms with Gasteiger partial charge in [-0.1, -0.05) is 6.07 Å². The Hall–Kier alpha value is -2.23. The molecule has 1 aromatic heterocycles. The number of carbonyl (C=O) groups is 1. The lowest BCUT2D eigenvalue weighted by Crippen LogP contribution is -2.10. The summed E-state index contributed by atoms with van der Waals surface area (Å²) in [6.45, 7) is 6.42. The van der Waals surface area contributed by atoms with E-state index >= 15 is 0 Å². The van der Waals surface area contributed by atoms with E-state index in [0.717, 1.165) is 16.5 Å². The van der Waals surface area contributed by atoms with Crippen molar-refractivity contribution in [2.24, 2.45) is 0 Å². The molecule has 2 aromatic rings. The highest BCUT2D eigenvalue weighted by Crippen LogP contribution is 2.20. The first-order valence-corrected chi connectivity index (χ1v) is 6.75. The van der Waals surface area contributed by atoms with Gasteiger partial charge in [-0.25, -0.2) is 4.79 Å². The van der Waals surface area contributed by atoms with E-state index in [1.165, 1.54) is 5.56 Å². The van der Waals surface area contributed by atoms with E-state index in [0.29, 0.717) is 13.2 Å². The zero-order valence-electron chi connectivity index (χ0n) is 12.0. The number of fused-ring (bicyclic) bond motifs is 1. The van der Waals surface area contributed by atoms with Crippen LogP contribution in [0, 0.1) is 6.92 Å². The van der Waals surface area contributed by atoms with Crippen LogP contribution in [0.25, 0.3) is 17.0 Å². The third-order valence-corrected chi connectivity index (χ3v) is 2.99. The average molecular weight is 273 g/mol. The number of aryl methyl sites for hydroxylation is 1. The smallest absolute Gasteiger partial charge is 0.373 e. The summed E-state index contributed by atoms with van der Waals surface area (Å²) in [6, 6.07) is 5.96. The Morgan fingerprint density at radius 1 is 1.25 bits per heavy atom. The van der Waals surface area contributed by atoms with Crippen molar-refractivity contribution in [3.8, 4) is 0 Å². The van der Waals surface area contributed by atoms with Gasteiger partial charge in [-0.05, 0) is 50.1 Å². The highest BCUT2D eigenvalue weighted by atomic mass is 16.6. The molecule has 4 heteroatoms. The molecule has 20 heavy (non-hydrogen) atoms. The molecular weight excluding hydrogens is 254 g/mol. The van der Waals surface area contributed by atoms with Gasteiger partial charge in [-0.15, -0.1) is 0 Å². The van der Waals surface area contributed by atoms with Gasteiger partial charge in [-0.2, -0.15) is 0 Å². The summed E-state index contributed by atoms with van der Waals surface area (Å²) in [6.07, 6.45) is 3.68. The van der Waals surface area contributed by atoms with Gasteiger partial charge in [0.2, 0.25) is 5.76 Å². The first-order chi connectivity index (χ1) is 9.65. The molecule has 0 fully saturated rings. The summed E-state index contributed by atoms with van der Waals surface area (Å²) in [5.41, 5.74) is 3.16. The molecule has 2 rings (SSSR count). The standard InChI is InChI=1S/C16H19NO3/c1-4-19-15(16(18)20-5-2)9-12-6-7-14-13(8-12)11(3)10-17-14/h6-10,17H,4-5H2,1-3H3/b15-9+. The Labute approximate surface area is 118 Å². The van der Waals surface area contributed by atoms with Crippen molar-refractivity contribution < 1.29 is 14.3 Å². The van der Waals surface area contributed by atoms with Gasteiger partial charge in [0.25, 0.3) is 0 Å². The molecule has 106 valence electrons. The molecular formula is C16H19NO3. The number of H-pyrrole nitrogens is 1. The number of aromatic amines is 1. The average Bonchev–Trinajstić information content (AvgIpc) is 2.80. The first-order valence-electron chi connectivity index (χ1n) is 6.75. The van der Waals surface area contributed by atoms with Crippen molar-refractivity contribution in [3.63, 3.8) is 0 Å². The third-order valence-electron chi connectivity index (χ3n) is 2.99. The quantitative estimate of drug-likeness (QED) is 0.516. The van der Waals surface area contributed by atoms with Crippen LogP contribution in [0.4, 0.5) is 0 Å². The third kappa shape index (κ3) is 3.02. The molecule has 1 aromatic carbocycles. The maximum Gasteiger partial charge on any atom is 0.373 e. The lowest BCUT2D eigenvalue weighted by atomic mass is 10.1. The predicted octanol–water partition coefficient (Wildman–Crippen LogP) is 3.42. The van der Waals surface area contributed by atoms with E-state index < -0.39 is 5.97 Å². The Morgan fingerprint density at radius 3 is 2.70 bits per heavy atom. The normalized spacial score (nSPS) is 11.7. The van der Waals surface area contributed by atoms with Crippen LogP contribution in [-0.4, -0.2) is 24.2 Å². The van der Waals surface area contributed by atoms with Crippen molar-refractivity contribution >= 4 is 22.9 Å². The number of benzene rings is 1. The van der Waals surface area contributed by atoms with Crippen LogP contribution in [0.15, 0.2) is 30.2 Å². The molecule has 0 unspecified atom stereocenters. The van der Waals surface area contributed by atoms with E-state index in [1.54, 1.807) is 13.0 Å². The molecule has 0 atom stereocenters. The number of rotatable bonds is 5. The van der Waals surface area contributed by atoms with Crippen molar-refractivity contribution in [1.82, 2.24) is 4.98 Å². The summed E-state index contributed by atoms with van der Waals surface area (Å²) in [4.78, 5) is 15.0. The molecule has 1 N–H and O–H groups in total. The monoisotopic (exact) mass is 273 g/mol. The predicted molar refractivity (Wildman–Crippen MR) is 79.3 cm³/mol. The number of aromatic nitrogens is 1. The molecule has 0 aliphatic carbocycles. The van der Waals surface area contributed by atoms with Crippen LogP contribution >= 0.6 is 0 Å². The van der Waals surface area contributed by atoms with E-state index in [9.17, 15) is 4.79 Å². The summed E-state index contributed by atoms with van der Waals surface area (Å²) in [5.74, 6) is -0.192. The van der Waals surface area contributed by atoms with Gasteiger partial charge in [0.05, 0.1) is 13.2 Å². The largest absolute Gasteiger partial charge is 0.487 e. The van der Waals surface area contributed by atoms with Crippen molar-refractivity contribution in [3.05, 3.63) is 41.3 Å². The van der Waals surface area contributed by atoms with Gasteiger partial charge in [0, 0.05) is 17.1 Å². The van der Waals surface area contributed by atoms with E-state index in [1.807, 2.05) is 38.2 Å². The zero-order chi connectivity index (χ0) is 14.5. The summed E-state index contributed by atoms with van der Waals surface area (Å²) in [7, 11) is 0. The number of ether oxygens (including phenoxy) is 2. The van der Waals surface area contributed by atoms with Crippen molar-refractivity contribution in [2.75, 3.05) is 13.2 Å². The van der Waals surface area contributed by atoms with Gasteiger partial charge in [-0.3, -0.25) is 0 Å². The first kappa shape index (κ1) is 14.2. The van der Waals surface area contributed by atoms with Crippen LogP contribution in [0.1, 0.15) is 25.0 Å². The van der Waals surface area contributed by atoms with Crippen LogP contribution in [0.3, 0.4) is 0 Å². The minimum absolute atomic E-state index is 0.238. The molecule has 0 aliphatic heterocycles. The summed E-state index contributed by atoms with van der Waals surface area (Å²) >= 11 is 0. The van der Waals surface area contributed by atoms with Gasteiger partial charge in [0.1, 0.15) is 0 Å². The lowest BCUT2D eigenvalue weighted by molar-refractivity contribution is -0.142. The highest BCUT2D eigenvalue weighted by Gasteiger charge is 2.12. The summed E-state index contributed by atoms with van der Waals surface area (Å²) in [5, 5.41) is 1.14. The minimum Gasteiger partial charge on any atom is -0.487 e. The molecule has 0 saturated heterocycles. The SMILES string of the molecule is CCOC(=O)/C(=C\c1ccc2[nH]cc(C)c2c1)OCC. The van der Waals surface area contributed by atoms with Gasteiger partial charge >= 0.3 is 5.97 Å². The second-order valence-corrected chi connectivity index (χ2v) is 4.44. The molecule has 0 spiro atoms. The van der Waals surface area contributed by atoms with Crippen LogP contribution in [0.5, 0.6) is 0 Å². The molecule has 0 amide bonds. The van der Waals surface area contributed by atoms with Crippen LogP contribution < -0.4 is 0 Å². The molecule has 0 saturated carbocycles. The van der Waals surface area contributed by atoms with E-state index in [4.69, 9.17) is 9.47 Å². The number of carbonyl (C=O) groups excluding carboxylic acids is 1. The van der Waals surface area contributed by atoms with Crippen molar-refractivity contribution in [1.29, 1.82) is 0 Å². The molecule has 0 aliphatic rings. The fourth-order valence-electron chi connectivity index (χ4n) is 2.04. The topological polar surface area (TPSA) is 51.3 Å². The fraction of sp³-hybridized carbons (Fsp3) is 0.312. The molecule has 4 nitrogen and oxygen atoms in total. The van der Waals surface area contributed by atoms with Crippen LogP contribution in [-0.2, 0) is 14.3 Å². The maximum atomic E-state index is 11.8. The second-order valence-electron chi connectivity index (χ2n) is 4.44. The highest BCUT2D eigenvalue weighted by molar-refractivity contribution is 5.93. The number of nitrogens with one attached hydrogen (secondary N) is 1. The van der Waals surface area contributed by atoms with Gasteiger partial charge in [0.15, 0.2) is 0 Å². The fourth-order valence-corrected chi connectivity index (χ4v) is 2.04. The number of hydrogen-bond donors (Lipinski definition) is 1. The zero-order valence-corrected chi connectivity index (χ0v) is 12.0. The summed E-state index contributed by atoms with van der Waals surface area (Å²) < 4.78 is 10.3. The minimum atomic E-state index is -0.430. The molecule has 0 bridgehead atoms.